The van der Waals surface area contributed by atoms with Gasteiger partial charge in [0.2, 0.25) is 0 Å². The molecule has 0 spiro atoms. The van der Waals surface area contributed by atoms with Crippen LogP contribution in [0.1, 0.15) is 22.3 Å². The highest BCUT2D eigenvalue weighted by Crippen LogP contribution is 2.28. The molecule has 278 valence electrons. The molecule has 0 aliphatic carbocycles. The molecule has 5 aromatic rings. The predicted octanol–water partition coefficient (Wildman–Crippen LogP) is 8.13. The summed E-state index contributed by atoms with van der Waals surface area (Å²) >= 11 is 7.60. The predicted molar refractivity (Wildman–Crippen MR) is 212 cm³/mol. The van der Waals surface area contributed by atoms with Crippen LogP contribution in [0.2, 0.25) is 5.02 Å². The molecule has 5 rings (SSSR count). The number of rotatable bonds is 18. The van der Waals surface area contributed by atoms with E-state index in [0.29, 0.717) is 55.5 Å². The Morgan fingerprint density at radius 2 is 1.51 bits per heavy atom. The van der Waals surface area contributed by atoms with Gasteiger partial charge in [-0.1, -0.05) is 66.2 Å². The molecule has 0 radical (unpaired) electrons. The number of thioether (sulfide) groups is 1. The molecule has 0 aliphatic heterocycles. The monoisotopic (exact) mass is 777 g/mol. The number of benzene rings is 5. The van der Waals surface area contributed by atoms with Crippen LogP contribution in [0.15, 0.2) is 125 Å². The number of nitrogens with one attached hydrogen (secondary N) is 4. The molecular formula is C40H42ClF2N5O3S2. The highest BCUT2D eigenvalue weighted by molar-refractivity contribution is 7.99. The van der Waals surface area contributed by atoms with Crippen molar-refractivity contribution >= 4 is 50.7 Å². The van der Waals surface area contributed by atoms with Gasteiger partial charge in [-0.05, 0) is 104 Å². The van der Waals surface area contributed by atoms with Crippen LogP contribution in [0.5, 0.6) is 0 Å². The quantitative estimate of drug-likeness (QED) is 0.0523. The third-order valence-electron chi connectivity index (χ3n) is 8.29. The molecule has 0 saturated heterocycles. The average molecular weight is 778 g/mol. The number of amides is 1. The van der Waals surface area contributed by atoms with Gasteiger partial charge in [-0.25, -0.2) is 21.9 Å². The Kier molecular flexibility index (Phi) is 14.3. The van der Waals surface area contributed by atoms with Crippen molar-refractivity contribution in [1.82, 2.24) is 14.9 Å². The van der Waals surface area contributed by atoms with Crippen LogP contribution in [0, 0.1) is 11.6 Å². The topological polar surface area (TPSA) is 103 Å². The molecule has 0 aliphatic rings. The van der Waals surface area contributed by atoms with Gasteiger partial charge in [-0.3, -0.25) is 4.79 Å². The first-order valence-electron chi connectivity index (χ1n) is 17.0. The number of nitrogens with zero attached hydrogens (tertiary/aromatic N) is 1. The first kappa shape index (κ1) is 39.7. The Bertz CT molecular complexity index is 2050. The second-order valence-corrected chi connectivity index (χ2v) is 15.8. The minimum absolute atomic E-state index is 0.0648. The largest absolute Gasteiger partial charge is 0.384 e. The van der Waals surface area contributed by atoms with Gasteiger partial charge in [0.25, 0.3) is 15.9 Å². The Morgan fingerprint density at radius 1 is 0.849 bits per heavy atom. The van der Waals surface area contributed by atoms with E-state index in [2.05, 4.69) is 28.1 Å². The minimum Gasteiger partial charge on any atom is -0.384 e. The summed E-state index contributed by atoms with van der Waals surface area (Å²) in [7, 11) is -0.769. The molecule has 1 atom stereocenters. The summed E-state index contributed by atoms with van der Waals surface area (Å²) in [5.41, 5.74) is 3.73. The van der Waals surface area contributed by atoms with Gasteiger partial charge in [-0.2, -0.15) is 0 Å². The van der Waals surface area contributed by atoms with Crippen LogP contribution in [-0.2, 0) is 16.6 Å². The zero-order chi connectivity index (χ0) is 37.8. The third kappa shape index (κ3) is 11.8. The molecule has 53 heavy (non-hydrogen) atoms. The van der Waals surface area contributed by atoms with E-state index in [0.717, 1.165) is 27.3 Å². The lowest BCUT2D eigenvalue weighted by atomic mass is 10.00. The molecule has 13 heteroatoms. The van der Waals surface area contributed by atoms with Crippen molar-refractivity contribution in [3.8, 4) is 11.1 Å². The van der Waals surface area contributed by atoms with Gasteiger partial charge < -0.3 is 20.9 Å². The summed E-state index contributed by atoms with van der Waals surface area (Å²) in [4.78, 5) is 15.2. The average Bonchev–Trinajstić information content (AvgIpc) is 3.14. The fourth-order valence-electron chi connectivity index (χ4n) is 5.45. The Hall–Kier alpha value is -4.46. The van der Waals surface area contributed by atoms with Gasteiger partial charge in [0.05, 0.1) is 4.90 Å². The van der Waals surface area contributed by atoms with Crippen LogP contribution >= 0.6 is 23.4 Å². The maximum Gasteiger partial charge on any atom is 0.264 e. The van der Waals surface area contributed by atoms with E-state index in [4.69, 9.17) is 11.6 Å². The third-order valence-corrected chi connectivity index (χ3v) is 11.0. The fraction of sp³-hybridized carbons (Fsp3) is 0.225. The first-order valence-corrected chi connectivity index (χ1v) is 19.9. The summed E-state index contributed by atoms with van der Waals surface area (Å²) in [5, 5.41) is 10.3. The van der Waals surface area contributed by atoms with E-state index in [1.807, 2.05) is 90.4 Å². The molecule has 0 unspecified atom stereocenters. The SMILES string of the molecule is CN(C)CC[C@H](CSc1ccccc1)Nc1c(F)cc(S(=O)(=O)NC(=O)c2ccc(NCCNCc3ccccc3-c3ccc(Cl)cc3)cc2)cc1F. The molecule has 5 aromatic carbocycles. The van der Waals surface area contributed by atoms with Crippen molar-refractivity contribution in [3.05, 3.63) is 143 Å². The van der Waals surface area contributed by atoms with Gasteiger partial charge >= 0.3 is 0 Å². The normalized spacial score (nSPS) is 12.0. The van der Waals surface area contributed by atoms with Crippen molar-refractivity contribution in [2.45, 2.75) is 28.8 Å². The van der Waals surface area contributed by atoms with Crippen LogP contribution in [0.4, 0.5) is 20.2 Å². The second kappa shape index (κ2) is 19.0. The summed E-state index contributed by atoms with van der Waals surface area (Å²) in [5.74, 6) is -2.55. The highest BCUT2D eigenvalue weighted by atomic mass is 35.5. The molecule has 0 bridgehead atoms. The van der Waals surface area contributed by atoms with Crippen LogP contribution in [-0.4, -0.2) is 64.7 Å². The second-order valence-electron chi connectivity index (χ2n) is 12.6. The zero-order valence-corrected chi connectivity index (χ0v) is 31.8. The lowest BCUT2D eigenvalue weighted by Gasteiger charge is -2.22. The van der Waals surface area contributed by atoms with E-state index in [1.54, 1.807) is 23.9 Å². The Labute approximate surface area is 319 Å². The zero-order valence-electron chi connectivity index (χ0n) is 29.4. The lowest BCUT2D eigenvalue weighted by molar-refractivity contribution is 0.0981. The van der Waals surface area contributed by atoms with Crippen molar-refractivity contribution < 1.29 is 22.0 Å². The number of sulfonamides is 1. The van der Waals surface area contributed by atoms with Crippen LogP contribution < -0.4 is 20.7 Å². The molecule has 0 aromatic heterocycles. The molecule has 8 nitrogen and oxygen atoms in total. The summed E-state index contributed by atoms with van der Waals surface area (Å²) in [6.07, 6.45) is 0.591. The lowest BCUT2D eigenvalue weighted by Crippen LogP contribution is -2.31. The maximum atomic E-state index is 15.3. The van der Waals surface area contributed by atoms with Crippen molar-refractivity contribution in [3.63, 3.8) is 0 Å². The van der Waals surface area contributed by atoms with Crippen LogP contribution in [0.25, 0.3) is 11.1 Å². The Morgan fingerprint density at radius 3 is 2.19 bits per heavy atom. The number of halogens is 3. The molecule has 4 N–H and O–H groups in total. The summed E-state index contributed by atoms with van der Waals surface area (Å²) in [6.45, 7) is 2.57. The molecular weight excluding hydrogens is 736 g/mol. The number of hydrogen-bond acceptors (Lipinski definition) is 8. The number of carbonyl (C=O) groups is 1. The van der Waals surface area contributed by atoms with Crippen molar-refractivity contribution in [2.75, 3.05) is 50.1 Å². The maximum absolute atomic E-state index is 15.3. The molecule has 0 saturated carbocycles. The van der Waals surface area contributed by atoms with Crippen LogP contribution in [0.3, 0.4) is 0 Å². The highest BCUT2D eigenvalue weighted by Gasteiger charge is 2.24. The standard InChI is InChI=1S/C40H42ClF2N5O3S2/c1-48(2)23-20-33(27-52-34-9-4-3-5-10-34)46-39-37(42)24-35(25-38(39)43)53(50,51)47-40(49)29-14-18-32(19-15-29)45-22-21-44-26-30-8-6-7-11-36(30)28-12-16-31(41)17-13-28/h3-19,24-25,33,44-46H,20-23,26-27H2,1-2H3,(H,47,49)/t33-/m1/s1. The summed E-state index contributed by atoms with van der Waals surface area (Å²) < 4.78 is 58.6. The van der Waals surface area contributed by atoms with Gasteiger partial charge in [-0.15, -0.1) is 11.8 Å². The molecule has 0 heterocycles. The van der Waals surface area contributed by atoms with E-state index in [9.17, 15) is 13.2 Å². The van der Waals surface area contributed by atoms with Gasteiger partial charge in [0.1, 0.15) is 5.69 Å². The number of carbonyl (C=O) groups excluding carboxylic acids is 1. The minimum atomic E-state index is -4.59. The van der Waals surface area contributed by atoms with Crippen molar-refractivity contribution in [2.24, 2.45) is 0 Å². The summed E-state index contributed by atoms with van der Waals surface area (Å²) in [6, 6.07) is 32.9. The number of hydrogen-bond donors (Lipinski definition) is 4. The van der Waals surface area contributed by atoms with Crippen molar-refractivity contribution in [1.29, 1.82) is 0 Å². The first-order chi connectivity index (χ1) is 25.5. The number of anilines is 2. The Balaban J connectivity index is 1.13. The van der Waals surface area contributed by atoms with Gasteiger partial charge in [0.15, 0.2) is 11.6 Å². The van der Waals surface area contributed by atoms with E-state index < -0.39 is 38.1 Å². The fourth-order valence-corrected chi connectivity index (χ4v) is 7.57. The van der Waals surface area contributed by atoms with E-state index in [1.165, 1.54) is 12.1 Å². The van der Waals surface area contributed by atoms with E-state index in [-0.39, 0.29) is 11.6 Å². The van der Waals surface area contributed by atoms with Gasteiger partial charge in [0, 0.05) is 52.6 Å². The van der Waals surface area contributed by atoms with E-state index >= 15 is 8.78 Å². The molecule has 0 fully saturated rings. The molecule has 1 amide bonds. The smallest absolute Gasteiger partial charge is 0.264 e.